The normalized spacial score (nSPS) is 49.4. The summed E-state index contributed by atoms with van der Waals surface area (Å²) < 4.78 is 60.7. The average Bonchev–Trinajstić information content (AvgIpc) is 2.64. The largest absolute Gasteiger partial charge is 0.375 e. The summed E-state index contributed by atoms with van der Waals surface area (Å²) >= 11 is 0. The maximum atomic E-state index is 13.8. The first kappa shape index (κ1) is 17.0. The summed E-state index contributed by atoms with van der Waals surface area (Å²) in [5.41, 5.74) is 0. The van der Waals surface area contributed by atoms with Crippen molar-refractivity contribution in [1.82, 2.24) is 0 Å². The van der Waals surface area contributed by atoms with Crippen LogP contribution in [0.4, 0.5) is 17.6 Å². The fourth-order valence-electron chi connectivity index (χ4n) is 3.45. The Morgan fingerprint density at radius 1 is 0.667 bits per heavy atom. The molecule has 0 saturated heterocycles. The molecule has 8 unspecified atom stereocenters. The second-order valence-electron chi connectivity index (χ2n) is 6.88. The first-order valence-corrected chi connectivity index (χ1v) is 8.10. The third-order valence-electron chi connectivity index (χ3n) is 5.03. The smallest absolute Gasteiger partial charge is 0.134 e. The van der Waals surface area contributed by atoms with Gasteiger partial charge in [-0.1, -0.05) is 13.8 Å². The van der Waals surface area contributed by atoms with E-state index in [0.29, 0.717) is 25.7 Å². The number of alkyl halides is 4. The van der Waals surface area contributed by atoms with Gasteiger partial charge in [0.05, 0.1) is 12.2 Å². The van der Waals surface area contributed by atoms with Crippen LogP contribution in [0.1, 0.15) is 52.4 Å². The van der Waals surface area contributed by atoms with Crippen molar-refractivity contribution in [3.8, 4) is 0 Å². The van der Waals surface area contributed by atoms with Crippen LogP contribution >= 0.6 is 0 Å². The molecule has 2 rings (SSSR count). The lowest BCUT2D eigenvalue weighted by molar-refractivity contribution is -0.0456. The summed E-state index contributed by atoms with van der Waals surface area (Å²) in [6.45, 7) is 3.41. The highest BCUT2D eigenvalue weighted by Gasteiger charge is 2.37. The van der Waals surface area contributed by atoms with Crippen LogP contribution in [-0.2, 0) is 4.74 Å². The second-order valence-corrected chi connectivity index (χ2v) is 6.88. The molecule has 0 aromatic heterocycles. The lowest BCUT2D eigenvalue weighted by Crippen LogP contribution is -2.29. The van der Waals surface area contributed by atoms with Crippen LogP contribution in [0.25, 0.3) is 0 Å². The Morgan fingerprint density at radius 2 is 1.05 bits per heavy atom. The van der Waals surface area contributed by atoms with Gasteiger partial charge in [0, 0.05) is 12.8 Å². The first-order valence-electron chi connectivity index (χ1n) is 8.10. The van der Waals surface area contributed by atoms with Crippen LogP contribution in [0.2, 0.25) is 0 Å². The molecule has 0 spiro atoms. The minimum atomic E-state index is -1.52. The molecular formula is C16H26F4O. The molecule has 0 heterocycles. The van der Waals surface area contributed by atoms with E-state index in [0.717, 1.165) is 0 Å². The van der Waals surface area contributed by atoms with Gasteiger partial charge in [0.25, 0.3) is 0 Å². The van der Waals surface area contributed by atoms with Crippen LogP contribution in [0.15, 0.2) is 0 Å². The monoisotopic (exact) mass is 310 g/mol. The molecule has 2 aliphatic rings. The molecule has 1 nitrogen and oxygen atoms in total. The van der Waals surface area contributed by atoms with Gasteiger partial charge in [-0.05, 0) is 37.5 Å². The zero-order valence-corrected chi connectivity index (χ0v) is 12.8. The zero-order chi connectivity index (χ0) is 15.6. The van der Waals surface area contributed by atoms with Crippen molar-refractivity contribution in [2.45, 2.75) is 89.3 Å². The van der Waals surface area contributed by atoms with Crippen LogP contribution < -0.4 is 0 Å². The van der Waals surface area contributed by atoms with Crippen molar-refractivity contribution in [3.05, 3.63) is 0 Å². The third kappa shape index (κ3) is 4.33. The minimum Gasteiger partial charge on any atom is -0.375 e. The predicted molar refractivity (Wildman–Crippen MR) is 74.3 cm³/mol. The molecule has 0 amide bonds. The fourth-order valence-corrected chi connectivity index (χ4v) is 3.45. The van der Waals surface area contributed by atoms with Gasteiger partial charge < -0.3 is 4.74 Å². The van der Waals surface area contributed by atoms with Crippen molar-refractivity contribution in [1.29, 1.82) is 0 Å². The summed E-state index contributed by atoms with van der Waals surface area (Å²) in [5, 5.41) is 0. The standard InChI is InChI=1S/C16H26F4O/c1-9-3-5-11(7-13(17)15(9)19)21-12-6-4-10(2)16(20)14(18)8-12/h9-16H,3-8H2,1-2H3. The topological polar surface area (TPSA) is 9.23 Å². The molecular weight excluding hydrogens is 284 g/mol. The maximum absolute atomic E-state index is 13.8. The van der Waals surface area contributed by atoms with Crippen LogP contribution in [0.5, 0.6) is 0 Å². The Balaban J connectivity index is 1.91. The third-order valence-corrected chi connectivity index (χ3v) is 5.03. The number of hydrogen-bond donors (Lipinski definition) is 0. The summed E-state index contributed by atoms with van der Waals surface area (Å²) in [7, 11) is 0. The number of hydrogen-bond acceptors (Lipinski definition) is 1. The van der Waals surface area contributed by atoms with Gasteiger partial charge in [0.15, 0.2) is 0 Å². The number of halogens is 4. The Labute approximate surface area is 124 Å². The van der Waals surface area contributed by atoms with Crippen molar-refractivity contribution in [2.24, 2.45) is 11.8 Å². The van der Waals surface area contributed by atoms with E-state index in [-0.39, 0.29) is 36.9 Å². The van der Waals surface area contributed by atoms with Crippen LogP contribution in [0, 0.1) is 11.8 Å². The summed E-state index contributed by atoms with van der Waals surface area (Å²) in [6.07, 6.45) is -4.34. The van der Waals surface area contributed by atoms with Gasteiger partial charge in [0.2, 0.25) is 0 Å². The molecule has 21 heavy (non-hydrogen) atoms. The highest BCUT2D eigenvalue weighted by molar-refractivity contribution is 4.86. The molecule has 0 radical (unpaired) electrons. The van der Waals surface area contributed by atoms with Gasteiger partial charge in [-0.2, -0.15) is 0 Å². The summed E-state index contributed by atoms with van der Waals surface area (Å²) in [4.78, 5) is 0. The van der Waals surface area contributed by atoms with Crippen LogP contribution in [-0.4, -0.2) is 36.9 Å². The molecule has 0 N–H and O–H groups in total. The molecule has 2 fully saturated rings. The second kappa shape index (κ2) is 7.30. The molecule has 0 aromatic carbocycles. The number of rotatable bonds is 2. The van der Waals surface area contributed by atoms with E-state index in [9.17, 15) is 17.6 Å². The van der Waals surface area contributed by atoms with Gasteiger partial charge >= 0.3 is 0 Å². The molecule has 0 bridgehead atoms. The predicted octanol–water partition coefficient (Wildman–Crippen LogP) is 4.73. The summed E-state index contributed by atoms with van der Waals surface area (Å²) in [6, 6.07) is 0. The fraction of sp³-hybridized carbons (Fsp3) is 1.00. The lowest BCUT2D eigenvalue weighted by atomic mass is 10.0. The molecule has 0 aliphatic heterocycles. The minimum absolute atomic E-state index is 0.0214. The highest BCUT2D eigenvalue weighted by Crippen LogP contribution is 2.34. The van der Waals surface area contributed by atoms with Crippen molar-refractivity contribution in [2.75, 3.05) is 0 Å². The molecule has 124 valence electrons. The summed E-state index contributed by atoms with van der Waals surface area (Å²) in [5.74, 6) is -0.626. The van der Waals surface area contributed by atoms with Crippen molar-refractivity contribution < 1.29 is 22.3 Å². The van der Waals surface area contributed by atoms with Crippen molar-refractivity contribution >= 4 is 0 Å². The van der Waals surface area contributed by atoms with E-state index >= 15 is 0 Å². The molecule has 2 aliphatic carbocycles. The SMILES string of the molecule is CC1CCC(OC2CCC(C)C(F)C(F)C2)CC(F)C1F. The zero-order valence-electron chi connectivity index (χ0n) is 12.8. The van der Waals surface area contributed by atoms with E-state index in [1.54, 1.807) is 13.8 Å². The van der Waals surface area contributed by atoms with E-state index < -0.39 is 24.7 Å². The Kier molecular flexibility index (Phi) is 5.92. The quantitative estimate of drug-likeness (QED) is 0.529. The Hall–Kier alpha value is -0.320. The molecule has 2 saturated carbocycles. The molecule has 0 aromatic rings. The van der Waals surface area contributed by atoms with Crippen LogP contribution in [0.3, 0.4) is 0 Å². The lowest BCUT2D eigenvalue weighted by Gasteiger charge is -2.24. The van der Waals surface area contributed by atoms with Crippen molar-refractivity contribution in [3.63, 3.8) is 0 Å². The maximum Gasteiger partial charge on any atom is 0.134 e. The van der Waals surface area contributed by atoms with E-state index in [4.69, 9.17) is 4.74 Å². The Bertz CT molecular complexity index is 297. The van der Waals surface area contributed by atoms with E-state index in [1.807, 2.05) is 0 Å². The first-order chi connectivity index (χ1) is 9.88. The van der Waals surface area contributed by atoms with E-state index in [2.05, 4.69) is 0 Å². The molecule has 5 heteroatoms. The highest BCUT2D eigenvalue weighted by atomic mass is 19.2. The average molecular weight is 310 g/mol. The van der Waals surface area contributed by atoms with Gasteiger partial charge in [-0.25, -0.2) is 17.6 Å². The van der Waals surface area contributed by atoms with Gasteiger partial charge in [0.1, 0.15) is 24.7 Å². The van der Waals surface area contributed by atoms with E-state index in [1.165, 1.54) is 0 Å². The number of ether oxygens (including phenoxy) is 1. The molecule has 8 atom stereocenters. The van der Waals surface area contributed by atoms with Gasteiger partial charge in [-0.15, -0.1) is 0 Å². The Morgan fingerprint density at radius 3 is 1.43 bits per heavy atom. The van der Waals surface area contributed by atoms with Gasteiger partial charge in [-0.3, -0.25) is 0 Å².